The van der Waals surface area contributed by atoms with Crippen molar-refractivity contribution in [1.82, 2.24) is 0 Å². The van der Waals surface area contributed by atoms with Crippen molar-refractivity contribution in [2.24, 2.45) is 0 Å². The van der Waals surface area contributed by atoms with Gasteiger partial charge in [0.2, 0.25) is 0 Å². The molecule has 6 heavy (non-hydrogen) atoms. The molecule has 2 atom stereocenters. The Hall–Kier alpha value is 0.518. The van der Waals surface area contributed by atoms with Crippen molar-refractivity contribution in [3.63, 3.8) is 0 Å². The van der Waals surface area contributed by atoms with Gasteiger partial charge in [0.25, 0.3) is 0 Å². The van der Waals surface area contributed by atoms with Gasteiger partial charge in [-0.25, -0.2) is 0 Å². The van der Waals surface area contributed by atoms with E-state index in [-0.39, 0.29) is 4.89 Å². The van der Waals surface area contributed by atoms with E-state index < -0.39 is 0 Å². The fourth-order valence-corrected chi connectivity index (χ4v) is 0. The van der Waals surface area contributed by atoms with E-state index in [0.717, 1.165) is 0 Å². The Kier molecular flexibility index (Phi) is 14.7. The van der Waals surface area contributed by atoms with Crippen LogP contribution in [-0.4, -0.2) is 26.9 Å². The molecule has 0 heterocycles. The number of hydrogen-bond donors (Lipinski definition) is 1. The van der Waals surface area contributed by atoms with Crippen LogP contribution in [0.25, 0.3) is 0 Å². The van der Waals surface area contributed by atoms with Crippen molar-refractivity contribution in [3.8, 4) is 0 Å². The standard InChI is InChI=1S/C2H7AsO.C2H6/c1-2(3)4;1-2/h2,4H,3H2,1H3;1-2H3. The molecule has 2 heteroatoms. The van der Waals surface area contributed by atoms with Gasteiger partial charge in [0.1, 0.15) is 0 Å². The van der Waals surface area contributed by atoms with E-state index in [1.54, 1.807) is 6.92 Å². The van der Waals surface area contributed by atoms with E-state index in [0.29, 0.717) is 0 Å². The molecule has 0 aromatic rings. The third-order valence-corrected chi connectivity index (χ3v) is 0. The molecule has 0 saturated carbocycles. The molecule has 0 aliphatic heterocycles. The summed E-state index contributed by atoms with van der Waals surface area (Å²) in [5, 5.41) is 8.08. The molecule has 0 spiro atoms. The number of hydrogen-bond acceptors (Lipinski definition) is 1. The maximum atomic E-state index is 8.08. The van der Waals surface area contributed by atoms with Crippen LogP contribution in [-0.2, 0) is 0 Å². The van der Waals surface area contributed by atoms with Gasteiger partial charge >= 0.3 is 33.8 Å². The summed E-state index contributed by atoms with van der Waals surface area (Å²) in [7, 11) is 0. The summed E-state index contributed by atoms with van der Waals surface area (Å²) in [6.45, 7) is 5.75. The van der Waals surface area contributed by atoms with Crippen molar-refractivity contribution in [2.75, 3.05) is 0 Å². The Morgan fingerprint density at radius 1 is 1.50 bits per heavy atom. The van der Waals surface area contributed by atoms with Gasteiger partial charge in [-0.2, -0.15) is 0 Å². The van der Waals surface area contributed by atoms with E-state index in [1.165, 1.54) is 16.9 Å². The van der Waals surface area contributed by atoms with Crippen LogP contribution in [0.2, 0.25) is 0 Å². The SMILES string of the molecule is CC.CC(O)[AsH2]. The number of aliphatic hydroxyl groups is 1. The quantitative estimate of drug-likeness (QED) is 0.484. The number of rotatable bonds is 0. The van der Waals surface area contributed by atoms with Gasteiger partial charge in [-0.15, -0.1) is 0 Å². The van der Waals surface area contributed by atoms with Crippen molar-refractivity contribution < 1.29 is 5.11 Å². The first kappa shape index (κ1) is 9.72. The second kappa shape index (κ2) is 9.10. The molecule has 0 aromatic heterocycles. The average molecular weight is 152 g/mol. The molecule has 0 rings (SSSR count). The van der Waals surface area contributed by atoms with Gasteiger partial charge in [0, 0.05) is 0 Å². The maximum absolute atomic E-state index is 8.08. The summed E-state index contributed by atoms with van der Waals surface area (Å²) >= 11 is 1.35. The topological polar surface area (TPSA) is 20.2 Å². The second-order valence-electron chi connectivity index (χ2n) is 0.741. The van der Waals surface area contributed by atoms with Crippen molar-refractivity contribution >= 4 is 16.9 Å². The molecule has 0 radical (unpaired) electrons. The first-order valence-electron chi connectivity index (χ1n) is 2.17. The molecule has 0 fully saturated rings. The van der Waals surface area contributed by atoms with E-state index in [2.05, 4.69) is 0 Å². The normalized spacial score (nSPS) is 11.5. The molecule has 0 aromatic carbocycles. The Morgan fingerprint density at radius 2 is 1.50 bits per heavy atom. The molecule has 0 aliphatic rings. The average Bonchev–Trinajstić information content (AvgIpc) is 1.41. The van der Waals surface area contributed by atoms with Crippen molar-refractivity contribution in [3.05, 3.63) is 0 Å². The van der Waals surface area contributed by atoms with Gasteiger partial charge in [-0.3, -0.25) is 0 Å². The monoisotopic (exact) mass is 152 g/mol. The van der Waals surface area contributed by atoms with E-state index in [1.807, 2.05) is 13.8 Å². The van der Waals surface area contributed by atoms with Gasteiger partial charge in [-0.05, 0) is 0 Å². The summed E-state index contributed by atoms with van der Waals surface area (Å²) in [6, 6.07) is 0. The second-order valence-corrected chi connectivity index (χ2v) is 2.76. The van der Waals surface area contributed by atoms with Gasteiger partial charge < -0.3 is 0 Å². The first-order valence-corrected chi connectivity index (χ1v) is 3.57. The minimum atomic E-state index is -0.104. The molecule has 40 valence electrons. The van der Waals surface area contributed by atoms with Crippen LogP contribution in [0.5, 0.6) is 0 Å². The molecule has 1 N–H and O–H groups in total. The fraction of sp³-hybridized carbons (Fsp3) is 1.00. The molecule has 2 unspecified atom stereocenters. The van der Waals surface area contributed by atoms with Crippen LogP contribution < -0.4 is 0 Å². The van der Waals surface area contributed by atoms with Gasteiger partial charge in [0.15, 0.2) is 0 Å². The van der Waals surface area contributed by atoms with E-state index >= 15 is 0 Å². The van der Waals surface area contributed by atoms with Crippen LogP contribution in [0.3, 0.4) is 0 Å². The molecular weight excluding hydrogens is 139 g/mol. The van der Waals surface area contributed by atoms with E-state index in [4.69, 9.17) is 5.11 Å². The van der Waals surface area contributed by atoms with Gasteiger partial charge in [-0.1, -0.05) is 13.8 Å². The first-order chi connectivity index (χ1) is 2.73. The summed E-state index contributed by atoms with van der Waals surface area (Å²) in [5.74, 6) is 0. The predicted molar refractivity (Wildman–Crippen MR) is 31.6 cm³/mol. The Bertz CT molecular complexity index is 12.3. The summed E-state index contributed by atoms with van der Waals surface area (Å²) in [5.41, 5.74) is 0. The third kappa shape index (κ3) is 208. The Labute approximate surface area is 48.3 Å². The zero-order valence-electron chi connectivity index (χ0n) is 4.60. The Balaban J connectivity index is 0. The van der Waals surface area contributed by atoms with Crippen molar-refractivity contribution in [2.45, 2.75) is 25.7 Å². The van der Waals surface area contributed by atoms with Crippen LogP contribution in [0, 0.1) is 0 Å². The van der Waals surface area contributed by atoms with Crippen LogP contribution >= 0.6 is 0 Å². The zero-order valence-corrected chi connectivity index (χ0v) is 7.02. The number of aliphatic hydroxyl groups excluding tert-OH is 1. The molecule has 1 nitrogen and oxygen atoms in total. The fourth-order valence-electron chi connectivity index (χ4n) is 0. The van der Waals surface area contributed by atoms with Gasteiger partial charge in [0.05, 0.1) is 0 Å². The summed E-state index contributed by atoms with van der Waals surface area (Å²) in [4.78, 5) is -0.104. The summed E-state index contributed by atoms with van der Waals surface area (Å²) < 4.78 is 0. The molecule has 0 aliphatic carbocycles. The third-order valence-electron chi connectivity index (χ3n) is 0. The Morgan fingerprint density at radius 3 is 1.50 bits per heavy atom. The molecule has 0 saturated heterocycles. The molecular formula is C4H13AsO. The van der Waals surface area contributed by atoms with Crippen molar-refractivity contribution in [1.29, 1.82) is 0 Å². The van der Waals surface area contributed by atoms with Crippen LogP contribution in [0.4, 0.5) is 0 Å². The van der Waals surface area contributed by atoms with Crippen LogP contribution in [0.1, 0.15) is 20.8 Å². The summed E-state index contributed by atoms with van der Waals surface area (Å²) in [6.07, 6.45) is 0. The predicted octanol–water partition coefficient (Wildman–Crippen LogP) is -0.0160. The zero-order chi connectivity index (χ0) is 5.58. The minimum absolute atomic E-state index is 0.104. The van der Waals surface area contributed by atoms with Crippen LogP contribution in [0.15, 0.2) is 0 Å². The molecule has 0 bridgehead atoms. The molecule has 0 amide bonds. The van der Waals surface area contributed by atoms with E-state index in [9.17, 15) is 0 Å².